The minimum atomic E-state index is -0.245. The van der Waals surface area contributed by atoms with Crippen molar-refractivity contribution in [1.29, 1.82) is 0 Å². The fraction of sp³-hybridized carbons (Fsp3) is 0.412. The van der Waals surface area contributed by atoms with Crippen LogP contribution in [0.3, 0.4) is 0 Å². The SMILES string of the molecule is O=C(NCc1nc(CN2CCCCC2)cs1)Nc1ccc(Cl)cc1. The van der Waals surface area contributed by atoms with E-state index in [1.54, 1.807) is 35.6 Å². The van der Waals surface area contributed by atoms with Gasteiger partial charge in [0.1, 0.15) is 5.01 Å². The number of rotatable bonds is 5. The first-order valence-corrected chi connectivity index (χ1v) is 9.41. The Kier molecular flexibility index (Phi) is 6.07. The molecule has 0 radical (unpaired) electrons. The van der Waals surface area contributed by atoms with E-state index in [9.17, 15) is 4.79 Å². The number of anilines is 1. The largest absolute Gasteiger partial charge is 0.331 e. The van der Waals surface area contributed by atoms with Gasteiger partial charge in [-0.1, -0.05) is 18.0 Å². The Hall–Kier alpha value is -1.63. The van der Waals surface area contributed by atoms with E-state index in [2.05, 4.69) is 25.9 Å². The number of likely N-dealkylation sites (tertiary alicyclic amines) is 1. The first-order valence-electron chi connectivity index (χ1n) is 8.15. The Bertz CT molecular complexity index is 667. The molecule has 0 saturated carbocycles. The molecule has 0 bridgehead atoms. The quantitative estimate of drug-likeness (QED) is 0.839. The van der Waals surface area contributed by atoms with E-state index in [0.717, 1.165) is 30.3 Å². The van der Waals surface area contributed by atoms with Crippen molar-refractivity contribution in [2.45, 2.75) is 32.4 Å². The molecule has 0 aliphatic carbocycles. The van der Waals surface area contributed by atoms with Crippen molar-refractivity contribution in [3.05, 3.63) is 45.4 Å². The van der Waals surface area contributed by atoms with Crippen molar-refractivity contribution in [2.75, 3.05) is 18.4 Å². The topological polar surface area (TPSA) is 57.3 Å². The zero-order valence-electron chi connectivity index (χ0n) is 13.4. The molecule has 0 unspecified atom stereocenters. The molecule has 5 nitrogen and oxygen atoms in total. The second-order valence-corrected chi connectivity index (χ2v) is 7.26. The third kappa shape index (κ3) is 5.19. The van der Waals surface area contributed by atoms with Gasteiger partial charge in [0, 0.05) is 22.6 Å². The third-order valence-electron chi connectivity index (χ3n) is 3.94. The van der Waals surface area contributed by atoms with Crippen molar-refractivity contribution in [2.24, 2.45) is 0 Å². The number of hydrogen-bond acceptors (Lipinski definition) is 4. The van der Waals surface area contributed by atoms with E-state index in [1.165, 1.54) is 19.3 Å². The van der Waals surface area contributed by atoms with E-state index in [0.29, 0.717) is 17.3 Å². The van der Waals surface area contributed by atoms with Crippen molar-refractivity contribution in [1.82, 2.24) is 15.2 Å². The van der Waals surface area contributed by atoms with Crippen molar-refractivity contribution in [3.8, 4) is 0 Å². The number of nitrogens with zero attached hydrogens (tertiary/aromatic N) is 2. The number of nitrogens with one attached hydrogen (secondary N) is 2. The van der Waals surface area contributed by atoms with Gasteiger partial charge in [-0.15, -0.1) is 11.3 Å². The van der Waals surface area contributed by atoms with Crippen LogP contribution in [-0.4, -0.2) is 29.0 Å². The Balaban J connectivity index is 1.44. The summed E-state index contributed by atoms with van der Waals surface area (Å²) in [6, 6.07) is 6.77. The molecule has 2 amide bonds. The highest BCUT2D eigenvalue weighted by atomic mass is 35.5. The van der Waals surface area contributed by atoms with Crippen LogP contribution in [0.25, 0.3) is 0 Å². The molecule has 7 heteroatoms. The van der Waals surface area contributed by atoms with E-state index in [-0.39, 0.29) is 6.03 Å². The van der Waals surface area contributed by atoms with Crippen LogP contribution in [0, 0.1) is 0 Å². The number of benzene rings is 1. The van der Waals surface area contributed by atoms with Gasteiger partial charge in [-0.2, -0.15) is 0 Å². The first-order chi connectivity index (χ1) is 11.7. The van der Waals surface area contributed by atoms with Gasteiger partial charge in [-0.3, -0.25) is 4.90 Å². The minimum absolute atomic E-state index is 0.245. The number of amides is 2. The second-order valence-electron chi connectivity index (χ2n) is 5.88. The van der Waals surface area contributed by atoms with E-state index in [1.807, 2.05) is 0 Å². The summed E-state index contributed by atoms with van der Waals surface area (Å²) in [5.41, 5.74) is 1.80. The zero-order valence-corrected chi connectivity index (χ0v) is 15.0. The molecule has 2 heterocycles. The average molecular weight is 365 g/mol. The smallest absolute Gasteiger partial charge is 0.319 e. The highest BCUT2D eigenvalue weighted by molar-refractivity contribution is 7.09. The van der Waals surface area contributed by atoms with Gasteiger partial charge >= 0.3 is 6.03 Å². The molecule has 3 rings (SSSR count). The maximum absolute atomic E-state index is 11.9. The molecule has 1 aromatic heterocycles. The van der Waals surface area contributed by atoms with E-state index >= 15 is 0 Å². The average Bonchev–Trinajstić information content (AvgIpc) is 3.03. The van der Waals surface area contributed by atoms with E-state index in [4.69, 9.17) is 11.6 Å². The number of aromatic nitrogens is 1. The fourth-order valence-corrected chi connectivity index (χ4v) is 3.56. The Morgan fingerprint density at radius 2 is 1.96 bits per heavy atom. The monoisotopic (exact) mass is 364 g/mol. The molecule has 24 heavy (non-hydrogen) atoms. The number of carbonyl (C=O) groups excluding carboxylic acids is 1. The Morgan fingerprint density at radius 1 is 1.21 bits per heavy atom. The van der Waals surface area contributed by atoms with E-state index < -0.39 is 0 Å². The molecule has 1 saturated heterocycles. The molecule has 1 fully saturated rings. The maximum atomic E-state index is 11.9. The fourth-order valence-electron chi connectivity index (χ4n) is 2.71. The summed E-state index contributed by atoms with van der Waals surface area (Å²) in [7, 11) is 0. The van der Waals surface area contributed by atoms with Crippen LogP contribution in [0.1, 0.15) is 30.0 Å². The lowest BCUT2D eigenvalue weighted by molar-refractivity contribution is 0.219. The number of piperidine rings is 1. The lowest BCUT2D eigenvalue weighted by atomic mass is 10.1. The summed E-state index contributed by atoms with van der Waals surface area (Å²) >= 11 is 7.41. The molecular weight excluding hydrogens is 344 g/mol. The summed E-state index contributed by atoms with van der Waals surface area (Å²) in [5.74, 6) is 0. The predicted octanol–water partition coefficient (Wildman–Crippen LogP) is 4.10. The Labute approximate surface area is 151 Å². The predicted molar refractivity (Wildman–Crippen MR) is 98.6 cm³/mol. The number of halogens is 1. The molecule has 2 N–H and O–H groups in total. The molecule has 2 aromatic rings. The lowest BCUT2D eigenvalue weighted by Gasteiger charge is -2.25. The van der Waals surface area contributed by atoms with Gasteiger partial charge in [0.15, 0.2) is 0 Å². The van der Waals surface area contributed by atoms with Crippen molar-refractivity contribution >= 4 is 34.7 Å². The van der Waals surface area contributed by atoms with Gasteiger partial charge in [-0.25, -0.2) is 9.78 Å². The van der Waals surface area contributed by atoms with Crippen LogP contribution < -0.4 is 10.6 Å². The molecule has 1 aromatic carbocycles. The van der Waals surface area contributed by atoms with Gasteiger partial charge in [0.25, 0.3) is 0 Å². The number of urea groups is 1. The molecule has 0 spiro atoms. The highest BCUT2D eigenvalue weighted by Crippen LogP contribution is 2.16. The normalized spacial score (nSPS) is 15.2. The molecule has 1 aliphatic rings. The second kappa shape index (κ2) is 8.46. The molecule has 0 atom stereocenters. The summed E-state index contributed by atoms with van der Waals surface area (Å²) in [6.07, 6.45) is 3.90. The lowest BCUT2D eigenvalue weighted by Crippen LogP contribution is -2.29. The number of hydrogen-bond donors (Lipinski definition) is 2. The van der Waals surface area contributed by atoms with Gasteiger partial charge in [0.2, 0.25) is 0 Å². The summed E-state index contributed by atoms with van der Waals surface area (Å²) < 4.78 is 0. The van der Waals surface area contributed by atoms with Gasteiger partial charge in [-0.05, 0) is 50.2 Å². The summed E-state index contributed by atoms with van der Waals surface area (Å²) in [6.45, 7) is 3.67. The Morgan fingerprint density at radius 3 is 2.71 bits per heavy atom. The minimum Gasteiger partial charge on any atom is -0.331 e. The van der Waals surface area contributed by atoms with Crippen LogP contribution in [0.2, 0.25) is 5.02 Å². The highest BCUT2D eigenvalue weighted by Gasteiger charge is 2.12. The van der Waals surface area contributed by atoms with Crippen LogP contribution in [0.15, 0.2) is 29.6 Å². The van der Waals surface area contributed by atoms with Crippen LogP contribution in [0.5, 0.6) is 0 Å². The van der Waals surface area contributed by atoms with Gasteiger partial charge in [0.05, 0.1) is 12.2 Å². The molecule has 1 aliphatic heterocycles. The number of carbonyl (C=O) groups is 1. The summed E-state index contributed by atoms with van der Waals surface area (Å²) in [4.78, 5) is 19.0. The van der Waals surface area contributed by atoms with Crippen molar-refractivity contribution < 1.29 is 4.79 Å². The van der Waals surface area contributed by atoms with Crippen LogP contribution in [-0.2, 0) is 13.1 Å². The standard InChI is InChI=1S/C17H21ClN4OS/c18-13-4-6-14(7-5-13)21-17(23)19-10-16-20-15(12-24-16)11-22-8-2-1-3-9-22/h4-7,12H,1-3,8-11H2,(H2,19,21,23). The molecular formula is C17H21ClN4OS. The van der Waals surface area contributed by atoms with Gasteiger partial charge < -0.3 is 10.6 Å². The zero-order chi connectivity index (χ0) is 16.8. The third-order valence-corrected chi connectivity index (χ3v) is 5.09. The number of thiazole rings is 1. The molecule has 128 valence electrons. The van der Waals surface area contributed by atoms with Crippen molar-refractivity contribution in [3.63, 3.8) is 0 Å². The first kappa shape index (κ1) is 17.2. The summed E-state index contributed by atoms with van der Waals surface area (Å²) in [5, 5.41) is 9.26. The van der Waals surface area contributed by atoms with Crippen LogP contribution >= 0.6 is 22.9 Å². The maximum Gasteiger partial charge on any atom is 0.319 e. The van der Waals surface area contributed by atoms with Crippen LogP contribution in [0.4, 0.5) is 10.5 Å².